The highest BCUT2D eigenvalue weighted by Gasteiger charge is 2.74. The van der Waals surface area contributed by atoms with Crippen molar-refractivity contribution in [2.45, 2.75) is 68.6 Å². The predicted molar refractivity (Wildman–Crippen MR) is 149 cm³/mol. The van der Waals surface area contributed by atoms with Crippen molar-refractivity contribution in [3.63, 3.8) is 0 Å². The zero-order chi connectivity index (χ0) is 30.2. The summed E-state index contributed by atoms with van der Waals surface area (Å²) in [6.07, 6.45) is 1.47. The van der Waals surface area contributed by atoms with Crippen LogP contribution in [0.1, 0.15) is 49.5 Å². The summed E-state index contributed by atoms with van der Waals surface area (Å²) < 4.78 is 5.89. The van der Waals surface area contributed by atoms with Crippen LogP contribution in [-0.2, 0) is 10.2 Å². The third-order valence-electron chi connectivity index (χ3n) is 9.17. The summed E-state index contributed by atoms with van der Waals surface area (Å²) in [5, 5.41) is 52.0. The highest BCUT2D eigenvalue weighted by atomic mass is 16.5. The van der Waals surface area contributed by atoms with Crippen molar-refractivity contribution in [1.82, 2.24) is 36.0 Å². The molecule has 4 fully saturated rings. The van der Waals surface area contributed by atoms with Crippen molar-refractivity contribution >= 4 is 29.8 Å². The fraction of sp³-hybridized carbons (Fsp3) is 0.593. The lowest BCUT2D eigenvalue weighted by Gasteiger charge is -2.51. The van der Waals surface area contributed by atoms with E-state index >= 15 is 0 Å². The molecule has 4 saturated heterocycles. The molecule has 1 spiro atoms. The summed E-state index contributed by atoms with van der Waals surface area (Å²) >= 11 is 0. The first kappa shape index (κ1) is 28.0. The maximum Gasteiger partial charge on any atom is 0.327 e. The van der Waals surface area contributed by atoms with E-state index in [-0.39, 0.29) is 42.5 Å². The Morgan fingerprint density at radius 3 is 2.71 bits per heavy atom. The third kappa shape index (κ3) is 3.90. The second-order valence-corrected chi connectivity index (χ2v) is 12.2. The quantitative estimate of drug-likeness (QED) is 0.145. The van der Waals surface area contributed by atoms with Crippen LogP contribution in [0.3, 0.4) is 0 Å². The molecule has 5 aliphatic rings. The van der Waals surface area contributed by atoms with E-state index in [1.165, 1.54) is 9.80 Å². The van der Waals surface area contributed by atoms with Crippen molar-refractivity contribution in [3.05, 3.63) is 29.3 Å². The molecule has 1 aromatic carbocycles. The van der Waals surface area contributed by atoms with Gasteiger partial charge in [-0.1, -0.05) is 32.9 Å². The van der Waals surface area contributed by atoms with E-state index in [1.807, 2.05) is 13.0 Å². The molecule has 226 valence electrons. The summed E-state index contributed by atoms with van der Waals surface area (Å²) in [7, 11) is 0. The number of fused-ring (bicyclic) bond motifs is 1. The number of aliphatic hydroxyl groups is 2. The molecule has 8 N–H and O–H groups in total. The number of ether oxygens (including phenoxy) is 1. The Morgan fingerprint density at radius 1 is 1.21 bits per heavy atom. The number of carbonyl (C=O) groups excluding carboxylic acids is 3. The van der Waals surface area contributed by atoms with E-state index in [0.29, 0.717) is 25.3 Å². The zero-order valence-electron chi connectivity index (χ0n) is 23.8. The SMILES string of the molecule is CCCN1CC(=O)N(C[C@@H]2NC(=N)N3CC(NC(=O)c4cccc5c4OCCC5(C)C)C(O)(O)C34NC(=N)N[C@@H]24)C1=O. The van der Waals surface area contributed by atoms with E-state index in [1.54, 1.807) is 12.1 Å². The number of hydrogen-bond acceptors (Lipinski definition) is 8. The van der Waals surface area contributed by atoms with Crippen LogP contribution in [-0.4, -0.2) is 117 Å². The largest absolute Gasteiger partial charge is 0.492 e. The zero-order valence-corrected chi connectivity index (χ0v) is 23.8. The Bertz CT molecular complexity index is 1380. The maximum absolute atomic E-state index is 13.6. The minimum Gasteiger partial charge on any atom is -0.492 e. The van der Waals surface area contributed by atoms with Crippen LogP contribution in [0.15, 0.2) is 18.2 Å². The summed E-state index contributed by atoms with van der Waals surface area (Å²) in [6, 6.07) is 1.70. The number of benzene rings is 1. The highest BCUT2D eigenvalue weighted by Crippen LogP contribution is 2.44. The van der Waals surface area contributed by atoms with E-state index in [9.17, 15) is 24.6 Å². The Hall–Kier alpha value is -4.11. The van der Waals surface area contributed by atoms with Crippen LogP contribution in [0.4, 0.5) is 4.79 Å². The second-order valence-electron chi connectivity index (χ2n) is 12.2. The normalized spacial score (nSPS) is 30.6. The first-order chi connectivity index (χ1) is 19.8. The van der Waals surface area contributed by atoms with Gasteiger partial charge in [-0.15, -0.1) is 0 Å². The van der Waals surface area contributed by atoms with Crippen molar-refractivity contribution in [3.8, 4) is 5.75 Å². The Balaban J connectivity index is 1.28. The molecule has 0 saturated carbocycles. The second kappa shape index (κ2) is 9.46. The first-order valence-corrected chi connectivity index (χ1v) is 14.2. The van der Waals surface area contributed by atoms with Crippen molar-refractivity contribution < 1.29 is 29.3 Å². The minimum atomic E-state index is -2.70. The van der Waals surface area contributed by atoms with Gasteiger partial charge >= 0.3 is 6.03 Å². The molecule has 0 aliphatic carbocycles. The number of nitrogens with one attached hydrogen (secondary N) is 6. The van der Waals surface area contributed by atoms with Crippen LogP contribution < -0.4 is 26.0 Å². The van der Waals surface area contributed by atoms with Gasteiger partial charge in [-0.3, -0.25) is 25.3 Å². The summed E-state index contributed by atoms with van der Waals surface area (Å²) in [6.45, 7) is 6.51. The standard InChI is InChI=1S/C27H37N9O6/c1-4-9-34-13-18(37)35(24(34)39)11-16-20-26(33-22(28)32-20)27(40,41)17(12-36(26)23(29)30-16)31-21(38)14-6-5-7-15-19(14)42-10-8-25(15,2)3/h5-7,16-17,20,40-41H,4,8-13H2,1-3H3,(H2,29,30)(H,31,38)(H3,28,32,33)/t16-,17?,20-,26?/m0/s1. The van der Waals surface area contributed by atoms with Crippen LogP contribution in [0, 0.1) is 10.8 Å². The van der Waals surface area contributed by atoms with Crippen LogP contribution >= 0.6 is 0 Å². The molecular formula is C27H37N9O6. The Morgan fingerprint density at radius 2 is 1.98 bits per heavy atom. The third-order valence-corrected chi connectivity index (χ3v) is 9.17. The molecule has 0 bridgehead atoms. The van der Waals surface area contributed by atoms with Gasteiger partial charge in [0.1, 0.15) is 18.3 Å². The van der Waals surface area contributed by atoms with Gasteiger partial charge in [0.05, 0.1) is 30.8 Å². The van der Waals surface area contributed by atoms with Gasteiger partial charge < -0.3 is 46.0 Å². The van der Waals surface area contributed by atoms with Crippen molar-refractivity contribution in [2.75, 3.05) is 32.8 Å². The van der Waals surface area contributed by atoms with Crippen molar-refractivity contribution in [2.24, 2.45) is 0 Å². The van der Waals surface area contributed by atoms with Gasteiger partial charge in [0, 0.05) is 18.7 Å². The van der Waals surface area contributed by atoms with E-state index in [4.69, 9.17) is 15.6 Å². The first-order valence-electron chi connectivity index (χ1n) is 14.2. The number of amides is 4. The molecule has 15 heteroatoms. The van der Waals surface area contributed by atoms with Gasteiger partial charge in [0.15, 0.2) is 17.6 Å². The smallest absolute Gasteiger partial charge is 0.327 e. The molecule has 42 heavy (non-hydrogen) atoms. The number of hydrogen-bond donors (Lipinski definition) is 8. The molecule has 0 radical (unpaired) electrons. The van der Waals surface area contributed by atoms with Crippen LogP contribution in [0.25, 0.3) is 0 Å². The number of nitrogens with zero attached hydrogens (tertiary/aromatic N) is 3. The Labute approximate surface area is 242 Å². The number of rotatable bonds is 6. The average Bonchev–Trinajstić information content (AvgIpc) is 3.49. The average molecular weight is 584 g/mol. The number of urea groups is 1. The van der Waals surface area contributed by atoms with E-state index < -0.39 is 47.4 Å². The molecule has 2 unspecified atom stereocenters. The predicted octanol–water partition coefficient (Wildman–Crippen LogP) is -1.39. The van der Waals surface area contributed by atoms with E-state index in [0.717, 1.165) is 16.9 Å². The molecule has 5 aliphatic heterocycles. The fourth-order valence-electron chi connectivity index (χ4n) is 6.93. The summed E-state index contributed by atoms with van der Waals surface area (Å²) in [4.78, 5) is 43.1. The van der Waals surface area contributed by atoms with Gasteiger partial charge in [0.2, 0.25) is 11.7 Å². The fourth-order valence-corrected chi connectivity index (χ4v) is 6.93. The van der Waals surface area contributed by atoms with Gasteiger partial charge in [-0.25, -0.2) is 4.79 Å². The monoisotopic (exact) mass is 583 g/mol. The van der Waals surface area contributed by atoms with Gasteiger partial charge in [-0.05, 0) is 24.3 Å². The maximum atomic E-state index is 13.6. The topological polar surface area (TPSA) is 206 Å². The minimum absolute atomic E-state index is 0.0532. The lowest BCUT2D eigenvalue weighted by atomic mass is 9.79. The Kier molecular flexibility index (Phi) is 6.31. The summed E-state index contributed by atoms with van der Waals surface area (Å²) in [5.41, 5.74) is -0.925. The number of para-hydroxylation sites is 1. The molecular weight excluding hydrogens is 546 g/mol. The summed E-state index contributed by atoms with van der Waals surface area (Å²) in [5.74, 6) is -3.66. The van der Waals surface area contributed by atoms with Crippen molar-refractivity contribution in [1.29, 1.82) is 10.8 Å². The molecule has 15 nitrogen and oxygen atoms in total. The molecule has 4 amide bonds. The molecule has 4 atom stereocenters. The molecule has 6 rings (SSSR count). The van der Waals surface area contributed by atoms with Gasteiger partial charge in [-0.2, -0.15) is 0 Å². The lowest BCUT2D eigenvalue weighted by molar-refractivity contribution is -0.232. The number of carbonyl (C=O) groups is 3. The molecule has 1 aromatic rings. The van der Waals surface area contributed by atoms with Gasteiger partial charge in [0.25, 0.3) is 5.91 Å². The van der Waals surface area contributed by atoms with Crippen LogP contribution in [0.2, 0.25) is 0 Å². The highest BCUT2D eigenvalue weighted by molar-refractivity contribution is 6.02. The number of imide groups is 1. The van der Waals surface area contributed by atoms with E-state index in [2.05, 4.69) is 35.1 Å². The van der Waals surface area contributed by atoms with Crippen LogP contribution in [0.5, 0.6) is 5.75 Å². The molecule has 5 heterocycles. The molecule has 0 aromatic heterocycles. The number of guanidine groups is 2. The lowest BCUT2D eigenvalue weighted by Crippen LogP contribution is -2.81.